The molecule has 0 aliphatic carbocycles. The lowest BCUT2D eigenvalue weighted by molar-refractivity contribution is -0.130. The number of rotatable bonds is 7. The molecule has 0 unspecified atom stereocenters. The van der Waals surface area contributed by atoms with Gasteiger partial charge in [0.15, 0.2) is 0 Å². The first-order valence-corrected chi connectivity index (χ1v) is 9.35. The maximum absolute atomic E-state index is 12.3. The molecule has 0 fully saturated rings. The number of halogens is 2. The molecule has 1 aromatic heterocycles. The largest absolute Gasteiger partial charge is 0.421 e. The average Bonchev–Trinajstić information content (AvgIpc) is 3.15. The van der Waals surface area contributed by atoms with Crippen LogP contribution in [-0.4, -0.2) is 28.1 Å². The fourth-order valence-corrected chi connectivity index (χ4v) is 3.03. The van der Waals surface area contributed by atoms with Crippen molar-refractivity contribution >= 4 is 29.1 Å². The Morgan fingerprint density at radius 1 is 1.07 bits per heavy atom. The summed E-state index contributed by atoms with van der Waals surface area (Å²) < 4.78 is 5.66. The Bertz CT molecular complexity index is 913. The van der Waals surface area contributed by atoms with E-state index in [9.17, 15) is 4.79 Å². The standard InChI is InChI=1S/C20H19Cl2N3O2/c1-25(13-15-9-5-10-16(21)19(15)22)18(26)12-6-11-17-23-24-20(27-17)14-7-3-2-4-8-14/h2-5,7-10H,6,11-13H2,1H3. The van der Waals surface area contributed by atoms with Gasteiger partial charge in [-0.1, -0.05) is 53.5 Å². The lowest BCUT2D eigenvalue weighted by atomic mass is 10.2. The Kier molecular flexibility index (Phi) is 6.48. The second-order valence-electron chi connectivity index (χ2n) is 6.18. The number of amides is 1. The van der Waals surface area contributed by atoms with E-state index >= 15 is 0 Å². The predicted molar refractivity (Wildman–Crippen MR) is 106 cm³/mol. The Morgan fingerprint density at radius 3 is 2.63 bits per heavy atom. The Hall–Kier alpha value is -2.37. The Labute approximate surface area is 167 Å². The molecule has 0 N–H and O–H groups in total. The van der Waals surface area contributed by atoms with Crippen molar-refractivity contribution in [2.24, 2.45) is 0 Å². The number of carbonyl (C=O) groups is 1. The van der Waals surface area contributed by atoms with E-state index in [0.29, 0.717) is 47.6 Å². The van der Waals surface area contributed by atoms with Gasteiger partial charge in [0, 0.05) is 32.0 Å². The van der Waals surface area contributed by atoms with Crippen LogP contribution in [0.3, 0.4) is 0 Å². The molecule has 1 amide bonds. The van der Waals surface area contributed by atoms with Crippen LogP contribution in [0.5, 0.6) is 0 Å². The van der Waals surface area contributed by atoms with Crippen molar-refractivity contribution in [3.8, 4) is 11.5 Å². The topological polar surface area (TPSA) is 59.2 Å². The van der Waals surface area contributed by atoms with Crippen molar-refractivity contribution in [3.05, 3.63) is 70.0 Å². The van der Waals surface area contributed by atoms with Gasteiger partial charge < -0.3 is 9.32 Å². The summed E-state index contributed by atoms with van der Waals surface area (Å²) in [5.74, 6) is 1.04. The fraction of sp³-hybridized carbons (Fsp3) is 0.250. The summed E-state index contributed by atoms with van der Waals surface area (Å²) in [4.78, 5) is 14.0. The van der Waals surface area contributed by atoms with Crippen molar-refractivity contribution in [1.29, 1.82) is 0 Å². The monoisotopic (exact) mass is 403 g/mol. The summed E-state index contributed by atoms with van der Waals surface area (Å²) in [6.07, 6.45) is 1.57. The molecule has 2 aromatic carbocycles. The smallest absolute Gasteiger partial charge is 0.247 e. The van der Waals surface area contributed by atoms with Gasteiger partial charge in [-0.3, -0.25) is 4.79 Å². The SMILES string of the molecule is CN(Cc1cccc(Cl)c1Cl)C(=O)CCCc1nnc(-c2ccccc2)o1. The van der Waals surface area contributed by atoms with Crippen LogP contribution >= 0.6 is 23.2 Å². The second kappa shape index (κ2) is 9.02. The molecule has 0 aliphatic rings. The number of hydrogen-bond acceptors (Lipinski definition) is 4. The van der Waals surface area contributed by atoms with Crippen LogP contribution in [-0.2, 0) is 17.8 Å². The third-order valence-electron chi connectivity index (χ3n) is 4.13. The molecule has 0 saturated carbocycles. The van der Waals surface area contributed by atoms with E-state index < -0.39 is 0 Å². The van der Waals surface area contributed by atoms with Crippen LogP contribution in [0.25, 0.3) is 11.5 Å². The van der Waals surface area contributed by atoms with Crippen LogP contribution in [0.2, 0.25) is 10.0 Å². The van der Waals surface area contributed by atoms with Gasteiger partial charge in [-0.15, -0.1) is 10.2 Å². The summed E-state index contributed by atoms with van der Waals surface area (Å²) in [5.41, 5.74) is 1.70. The highest BCUT2D eigenvalue weighted by Crippen LogP contribution is 2.26. The number of aryl methyl sites for hydroxylation is 1. The molecule has 0 spiro atoms. The maximum atomic E-state index is 12.3. The van der Waals surface area contributed by atoms with E-state index in [-0.39, 0.29) is 5.91 Å². The highest BCUT2D eigenvalue weighted by Gasteiger charge is 2.14. The third-order valence-corrected chi connectivity index (χ3v) is 4.99. The van der Waals surface area contributed by atoms with Gasteiger partial charge in [-0.2, -0.15) is 0 Å². The van der Waals surface area contributed by atoms with Gasteiger partial charge >= 0.3 is 0 Å². The normalized spacial score (nSPS) is 10.8. The molecule has 0 aliphatic heterocycles. The van der Waals surface area contributed by atoms with E-state index in [0.717, 1.165) is 11.1 Å². The van der Waals surface area contributed by atoms with E-state index in [1.54, 1.807) is 18.0 Å². The highest BCUT2D eigenvalue weighted by atomic mass is 35.5. The predicted octanol–water partition coefficient (Wildman–Crippen LogP) is 5.02. The first-order valence-electron chi connectivity index (χ1n) is 8.59. The lowest BCUT2D eigenvalue weighted by Crippen LogP contribution is -2.26. The number of aromatic nitrogens is 2. The van der Waals surface area contributed by atoms with Gasteiger partial charge in [0.2, 0.25) is 17.7 Å². The summed E-state index contributed by atoms with van der Waals surface area (Å²) in [6, 6.07) is 15.0. The van der Waals surface area contributed by atoms with Crippen LogP contribution in [0.1, 0.15) is 24.3 Å². The fourth-order valence-electron chi connectivity index (χ4n) is 2.65. The quantitative estimate of drug-likeness (QED) is 0.555. The summed E-state index contributed by atoms with van der Waals surface area (Å²) in [6.45, 7) is 0.414. The number of nitrogens with zero attached hydrogens (tertiary/aromatic N) is 3. The number of benzene rings is 2. The van der Waals surface area contributed by atoms with E-state index in [4.69, 9.17) is 27.6 Å². The third kappa shape index (κ3) is 5.08. The molecular formula is C20H19Cl2N3O2. The van der Waals surface area contributed by atoms with Gasteiger partial charge in [-0.05, 0) is 30.2 Å². The van der Waals surface area contributed by atoms with Crippen molar-refractivity contribution in [1.82, 2.24) is 15.1 Å². The van der Waals surface area contributed by atoms with Crippen LogP contribution < -0.4 is 0 Å². The molecule has 5 nitrogen and oxygen atoms in total. The molecule has 140 valence electrons. The van der Waals surface area contributed by atoms with Gasteiger partial charge in [0.05, 0.1) is 10.0 Å². The zero-order valence-electron chi connectivity index (χ0n) is 14.9. The molecular weight excluding hydrogens is 385 g/mol. The summed E-state index contributed by atoms with van der Waals surface area (Å²) in [5, 5.41) is 9.07. The lowest BCUT2D eigenvalue weighted by Gasteiger charge is -2.18. The van der Waals surface area contributed by atoms with Gasteiger partial charge in [0.25, 0.3) is 0 Å². The molecule has 1 heterocycles. The minimum Gasteiger partial charge on any atom is -0.421 e. The first kappa shape index (κ1) is 19.4. The summed E-state index contributed by atoms with van der Waals surface area (Å²) >= 11 is 12.2. The minimum atomic E-state index is 0.0221. The first-order chi connectivity index (χ1) is 13.0. The van der Waals surface area contributed by atoms with E-state index in [2.05, 4.69) is 10.2 Å². The average molecular weight is 404 g/mol. The minimum absolute atomic E-state index is 0.0221. The molecule has 3 rings (SSSR count). The van der Waals surface area contributed by atoms with Crippen LogP contribution in [0.15, 0.2) is 52.9 Å². The Balaban J connectivity index is 1.49. The highest BCUT2D eigenvalue weighted by molar-refractivity contribution is 6.42. The molecule has 7 heteroatoms. The number of hydrogen-bond donors (Lipinski definition) is 0. The van der Waals surface area contributed by atoms with Gasteiger partial charge in [-0.25, -0.2) is 0 Å². The zero-order valence-corrected chi connectivity index (χ0v) is 16.4. The van der Waals surface area contributed by atoms with E-state index in [1.165, 1.54) is 0 Å². The molecule has 0 saturated heterocycles. The summed E-state index contributed by atoms with van der Waals surface area (Å²) in [7, 11) is 1.75. The van der Waals surface area contributed by atoms with Gasteiger partial charge in [0.1, 0.15) is 0 Å². The molecule has 27 heavy (non-hydrogen) atoms. The van der Waals surface area contributed by atoms with Crippen LogP contribution in [0, 0.1) is 0 Å². The zero-order chi connectivity index (χ0) is 19.2. The number of carbonyl (C=O) groups excluding carboxylic acids is 1. The molecule has 3 aromatic rings. The molecule has 0 radical (unpaired) electrons. The maximum Gasteiger partial charge on any atom is 0.247 e. The van der Waals surface area contributed by atoms with Crippen molar-refractivity contribution in [3.63, 3.8) is 0 Å². The van der Waals surface area contributed by atoms with Crippen LogP contribution in [0.4, 0.5) is 0 Å². The second-order valence-corrected chi connectivity index (χ2v) is 6.97. The van der Waals surface area contributed by atoms with Crippen molar-refractivity contribution < 1.29 is 9.21 Å². The molecule has 0 atom stereocenters. The van der Waals surface area contributed by atoms with E-state index in [1.807, 2.05) is 42.5 Å². The van der Waals surface area contributed by atoms with Crippen molar-refractivity contribution in [2.75, 3.05) is 7.05 Å². The Morgan fingerprint density at radius 2 is 1.85 bits per heavy atom. The van der Waals surface area contributed by atoms with Crippen molar-refractivity contribution in [2.45, 2.75) is 25.8 Å². The molecule has 0 bridgehead atoms.